The Labute approximate surface area is 147 Å². The summed E-state index contributed by atoms with van der Waals surface area (Å²) in [6.45, 7) is 7.47. The molecule has 0 radical (unpaired) electrons. The predicted molar refractivity (Wildman–Crippen MR) is 104 cm³/mol. The van der Waals surface area contributed by atoms with Gasteiger partial charge in [-0.1, -0.05) is 50.6 Å². The van der Waals surface area contributed by atoms with E-state index in [1.807, 2.05) is 7.05 Å². The first-order valence-electron chi connectivity index (χ1n) is 9.02. The number of guanidine groups is 1. The first-order valence-corrected chi connectivity index (χ1v) is 9.02. The summed E-state index contributed by atoms with van der Waals surface area (Å²) in [5.74, 6) is 0.907. The number of hydrogen-bond acceptors (Lipinski definition) is 2. The van der Waals surface area contributed by atoms with E-state index in [9.17, 15) is 0 Å². The van der Waals surface area contributed by atoms with Crippen LogP contribution in [-0.2, 0) is 5.41 Å². The summed E-state index contributed by atoms with van der Waals surface area (Å²) in [4.78, 5) is 6.64. The van der Waals surface area contributed by atoms with Crippen LogP contribution in [0.4, 0.5) is 0 Å². The zero-order valence-corrected chi connectivity index (χ0v) is 16.0. The maximum atomic E-state index is 4.41. The molecule has 0 unspecified atom stereocenters. The fourth-order valence-corrected chi connectivity index (χ4v) is 3.67. The van der Waals surface area contributed by atoms with Crippen molar-refractivity contribution in [2.75, 3.05) is 40.8 Å². The summed E-state index contributed by atoms with van der Waals surface area (Å²) >= 11 is 0. The van der Waals surface area contributed by atoms with Crippen LogP contribution in [0.1, 0.15) is 38.7 Å². The van der Waals surface area contributed by atoms with Gasteiger partial charge >= 0.3 is 0 Å². The third kappa shape index (κ3) is 4.97. The van der Waals surface area contributed by atoms with E-state index in [1.54, 1.807) is 0 Å². The van der Waals surface area contributed by atoms with Crippen LogP contribution in [0.25, 0.3) is 0 Å². The fourth-order valence-electron chi connectivity index (χ4n) is 3.67. The van der Waals surface area contributed by atoms with Gasteiger partial charge in [0.05, 0.1) is 0 Å². The second-order valence-corrected chi connectivity index (χ2v) is 8.18. The second kappa shape index (κ2) is 8.02. The number of aliphatic imine (C=N–C) groups is 1. The first-order chi connectivity index (χ1) is 11.4. The lowest BCUT2D eigenvalue weighted by Gasteiger charge is -2.43. The molecule has 0 atom stereocenters. The summed E-state index contributed by atoms with van der Waals surface area (Å²) in [6, 6.07) is 10.9. The number of hydrogen-bond donors (Lipinski definition) is 2. The Kier molecular flexibility index (Phi) is 6.27. The third-order valence-corrected chi connectivity index (χ3v) is 4.99. The molecule has 1 aliphatic carbocycles. The van der Waals surface area contributed by atoms with Gasteiger partial charge in [0.25, 0.3) is 0 Å². The summed E-state index contributed by atoms with van der Waals surface area (Å²) < 4.78 is 0. The maximum absolute atomic E-state index is 4.41. The molecular weight excluding hydrogens is 296 g/mol. The molecule has 0 spiro atoms. The third-order valence-electron chi connectivity index (χ3n) is 4.99. The highest BCUT2D eigenvalue weighted by Crippen LogP contribution is 2.43. The average Bonchev–Trinajstić information content (AvgIpc) is 2.49. The molecular formula is C20H34N4. The predicted octanol–water partition coefficient (Wildman–Crippen LogP) is 2.86. The highest BCUT2D eigenvalue weighted by molar-refractivity contribution is 5.79. The molecule has 1 saturated carbocycles. The lowest BCUT2D eigenvalue weighted by molar-refractivity contribution is 0.236. The zero-order valence-electron chi connectivity index (χ0n) is 16.0. The van der Waals surface area contributed by atoms with Crippen molar-refractivity contribution in [1.29, 1.82) is 0 Å². The fraction of sp³-hybridized carbons (Fsp3) is 0.650. The van der Waals surface area contributed by atoms with Crippen LogP contribution in [0.2, 0.25) is 0 Å². The van der Waals surface area contributed by atoms with Crippen LogP contribution in [0.15, 0.2) is 35.3 Å². The van der Waals surface area contributed by atoms with Crippen molar-refractivity contribution in [3.05, 3.63) is 35.9 Å². The van der Waals surface area contributed by atoms with Gasteiger partial charge in [0.2, 0.25) is 0 Å². The monoisotopic (exact) mass is 330 g/mol. The SMILES string of the molecule is CN=C(NCC(C)(C)CN(C)C)NCC1(c2ccccc2)CCC1. The van der Waals surface area contributed by atoms with E-state index in [-0.39, 0.29) is 10.8 Å². The number of rotatable bonds is 7. The Morgan fingerprint density at radius 3 is 2.33 bits per heavy atom. The summed E-state index contributed by atoms with van der Waals surface area (Å²) in [5, 5.41) is 7.06. The van der Waals surface area contributed by atoms with Crippen molar-refractivity contribution in [1.82, 2.24) is 15.5 Å². The molecule has 1 aromatic rings. The molecule has 0 bridgehead atoms. The first kappa shape index (κ1) is 18.8. The summed E-state index contributed by atoms with van der Waals surface area (Å²) in [7, 11) is 6.09. The smallest absolute Gasteiger partial charge is 0.191 e. The molecule has 4 nitrogen and oxygen atoms in total. The summed E-state index contributed by atoms with van der Waals surface area (Å²) in [6.07, 6.45) is 3.83. The number of nitrogens with one attached hydrogen (secondary N) is 2. The number of nitrogens with zero attached hydrogens (tertiary/aromatic N) is 2. The Morgan fingerprint density at radius 2 is 1.83 bits per heavy atom. The molecule has 0 heterocycles. The van der Waals surface area contributed by atoms with E-state index in [4.69, 9.17) is 0 Å². The largest absolute Gasteiger partial charge is 0.356 e. The average molecular weight is 331 g/mol. The molecule has 24 heavy (non-hydrogen) atoms. The van der Waals surface area contributed by atoms with Gasteiger partial charge in [0, 0.05) is 32.1 Å². The molecule has 1 aromatic carbocycles. The minimum absolute atomic E-state index is 0.203. The van der Waals surface area contributed by atoms with Crippen LogP contribution in [0, 0.1) is 5.41 Å². The highest BCUT2D eigenvalue weighted by atomic mass is 15.2. The molecule has 134 valence electrons. The molecule has 0 aliphatic heterocycles. The van der Waals surface area contributed by atoms with Gasteiger partial charge in [-0.3, -0.25) is 4.99 Å². The van der Waals surface area contributed by atoms with Gasteiger partial charge in [-0.05, 0) is 37.9 Å². The quantitative estimate of drug-likeness (QED) is 0.596. The Hall–Kier alpha value is -1.55. The lowest BCUT2D eigenvalue weighted by Crippen LogP contribution is -2.50. The lowest BCUT2D eigenvalue weighted by atomic mass is 9.64. The Bertz CT molecular complexity index is 530. The minimum atomic E-state index is 0.203. The van der Waals surface area contributed by atoms with Gasteiger partial charge < -0.3 is 15.5 Å². The normalized spacial score (nSPS) is 17.5. The van der Waals surface area contributed by atoms with Crippen molar-refractivity contribution in [3.63, 3.8) is 0 Å². The molecule has 2 rings (SSSR count). The molecule has 2 N–H and O–H groups in total. The molecule has 1 fully saturated rings. The van der Waals surface area contributed by atoms with E-state index < -0.39 is 0 Å². The maximum Gasteiger partial charge on any atom is 0.191 e. The van der Waals surface area contributed by atoms with Gasteiger partial charge in [-0.15, -0.1) is 0 Å². The molecule has 0 aromatic heterocycles. The van der Waals surface area contributed by atoms with Gasteiger partial charge in [-0.25, -0.2) is 0 Å². The molecule has 0 saturated heterocycles. The second-order valence-electron chi connectivity index (χ2n) is 8.18. The number of benzene rings is 1. The van der Waals surface area contributed by atoms with Crippen molar-refractivity contribution in [3.8, 4) is 0 Å². The van der Waals surface area contributed by atoms with Crippen molar-refractivity contribution in [2.24, 2.45) is 10.4 Å². The van der Waals surface area contributed by atoms with Crippen LogP contribution >= 0.6 is 0 Å². The van der Waals surface area contributed by atoms with Crippen molar-refractivity contribution >= 4 is 5.96 Å². The Balaban J connectivity index is 1.89. The zero-order chi connectivity index (χ0) is 17.6. The minimum Gasteiger partial charge on any atom is -0.356 e. The van der Waals surface area contributed by atoms with Gasteiger partial charge in [0.15, 0.2) is 5.96 Å². The van der Waals surface area contributed by atoms with E-state index >= 15 is 0 Å². The van der Waals surface area contributed by atoms with Crippen molar-refractivity contribution in [2.45, 2.75) is 38.5 Å². The standard InChI is InChI=1S/C20H34N4/c1-19(2,16-24(4)5)14-22-18(21-3)23-15-20(12-9-13-20)17-10-7-6-8-11-17/h6-8,10-11H,9,12-16H2,1-5H3,(H2,21,22,23). The highest BCUT2D eigenvalue weighted by Gasteiger charge is 2.38. The van der Waals surface area contributed by atoms with E-state index in [0.717, 1.165) is 25.6 Å². The molecule has 4 heteroatoms. The summed E-state index contributed by atoms with van der Waals surface area (Å²) in [5.41, 5.74) is 1.93. The van der Waals surface area contributed by atoms with Crippen molar-refractivity contribution < 1.29 is 0 Å². The molecule has 1 aliphatic rings. The van der Waals surface area contributed by atoms with E-state index in [2.05, 4.69) is 78.8 Å². The van der Waals surface area contributed by atoms with E-state index in [0.29, 0.717) is 0 Å². The topological polar surface area (TPSA) is 39.7 Å². The van der Waals surface area contributed by atoms with Crippen LogP contribution in [0.5, 0.6) is 0 Å². The van der Waals surface area contributed by atoms with Gasteiger partial charge in [-0.2, -0.15) is 0 Å². The van der Waals surface area contributed by atoms with Crippen LogP contribution < -0.4 is 10.6 Å². The van der Waals surface area contributed by atoms with Crippen LogP contribution in [-0.4, -0.2) is 51.6 Å². The Morgan fingerprint density at radius 1 is 1.17 bits per heavy atom. The van der Waals surface area contributed by atoms with Gasteiger partial charge in [0.1, 0.15) is 0 Å². The van der Waals surface area contributed by atoms with Crippen LogP contribution in [0.3, 0.4) is 0 Å². The van der Waals surface area contributed by atoms with E-state index in [1.165, 1.54) is 24.8 Å². The molecule has 0 amide bonds.